The van der Waals surface area contributed by atoms with Gasteiger partial charge in [-0.15, -0.1) is 11.6 Å². The summed E-state index contributed by atoms with van der Waals surface area (Å²) in [5.74, 6) is -1.10. The molecule has 1 rings (SSSR count). The second kappa shape index (κ2) is 3.81. The standard InChI is InChI=1S/C6H10ClNO4S/c7-5(6(9)10)4-8-2-1-3-13(8,11)12/h5H,1-4H2,(H,9,10). The Balaban J connectivity index is 2.60. The lowest BCUT2D eigenvalue weighted by molar-refractivity contribution is -0.136. The minimum atomic E-state index is -3.23. The van der Waals surface area contributed by atoms with Crippen LogP contribution in [0.25, 0.3) is 0 Å². The predicted octanol–water partition coefficient (Wildman–Crippen LogP) is -0.286. The molecule has 0 aromatic carbocycles. The van der Waals surface area contributed by atoms with Crippen molar-refractivity contribution in [3.63, 3.8) is 0 Å². The molecule has 0 bridgehead atoms. The van der Waals surface area contributed by atoms with E-state index in [0.717, 1.165) is 4.31 Å². The largest absolute Gasteiger partial charge is 0.480 e. The number of rotatable bonds is 3. The van der Waals surface area contributed by atoms with Crippen LogP contribution in [0.4, 0.5) is 0 Å². The third kappa shape index (κ3) is 2.55. The topological polar surface area (TPSA) is 74.7 Å². The molecule has 0 amide bonds. The van der Waals surface area contributed by atoms with Gasteiger partial charge >= 0.3 is 5.97 Å². The lowest BCUT2D eigenvalue weighted by Crippen LogP contribution is -2.35. The Bertz CT molecular complexity index is 302. The van der Waals surface area contributed by atoms with Gasteiger partial charge < -0.3 is 5.11 Å². The third-order valence-corrected chi connectivity index (χ3v) is 4.08. The van der Waals surface area contributed by atoms with Crippen molar-refractivity contribution in [1.29, 1.82) is 0 Å². The van der Waals surface area contributed by atoms with Crippen LogP contribution in [0.5, 0.6) is 0 Å². The molecular weight excluding hydrogens is 218 g/mol. The fourth-order valence-electron chi connectivity index (χ4n) is 1.15. The highest BCUT2D eigenvalue weighted by Gasteiger charge is 2.31. The molecule has 1 N–H and O–H groups in total. The van der Waals surface area contributed by atoms with Gasteiger partial charge in [0, 0.05) is 13.1 Å². The minimum absolute atomic E-state index is 0.0935. The molecule has 1 atom stereocenters. The van der Waals surface area contributed by atoms with Gasteiger partial charge in [-0.1, -0.05) is 0 Å². The van der Waals surface area contributed by atoms with Crippen LogP contribution >= 0.6 is 11.6 Å². The Morgan fingerprint density at radius 1 is 1.62 bits per heavy atom. The quantitative estimate of drug-likeness (QED) is 0.673. The molecule has 0 aromatic rings. The molecule has 7 heteroatoms. The molecule has 1 unspecified atom stereocenters. The second-order valence-corrected chi connectivity index (χ2v) is 5.45. The average molecular weight is 228 g/mol. The maximum atomic E-state index is 11.2. The molecule has 5 nitrogen and oxygen atoms in total. The van der Waals surface area contributed by atoms with Gasteiger partial charge in [0.1, 0.15) is 5.38 Å². The number of carboxylic acid groups (broad SMARTS) is 1. The third-order valence-electron chi connectivity index (χ3n) is 1.84. The molecule has 13 heavy (non-hydrogen) atoms. The fourth-order valence-corrected chi connectivity index (χ4v) is 2.94. The van der Waals surface area contributed by atoms with E-state index in [9.17, 15) is 13.2 Å². The van der Waals surface area contributed by atoms with Gasteiger partial charge in [-0.25, -0.2) is 8.42 Å². The van der Waals surface area contributed by atoms with Crippen LogP contribution < -0.4 is 0 Å². The Hall–Kier alpha value is -0.330. The maximum absolute atomic E-state index is 11.2. The molecule has 76 valence electrons. The number of sulfonamides is 1. The van der Waals surface area contributed by atoms with Crippen LogP contribution in [-0.4, -0.2) is 48.0 Å². The van der Waals surface area contributed by atoms with E-state index < -0.39 is 21.4 Å². The first kappa shape index (κ1) is 10.7. The number of aliphatic carboxylic acids is 1. The van der Waals surface area contributed by atoms with Crippen molar-refractivity contribution in [2.24, 2.45) is 0 Å². The van der Waals surface area contributed by atoms with E-state index >= 15 is 0 Å². The van der Waals surface area contributed by atoms with Crippen LogP contribution in [0.15, 0.2) is 0 Å². The lowest BCUT2D eigenvalue weighted by Gasteiger charge is -2.15. The smallest absolute Gasteiger partial charge is 0.322 e. The van der Waals surface area contributed by atoms with Gasteiger partial charge in [0.2, 0.25) is 10.0 Å². The number of halogens is 1. The number of hydrogen-bond donors (Lipinski definition) is 1. The highest BCUT2D eigenvalue weighted by atomic mass is 35.5. The summed E-state index contributed by atoms with van der Waals surface area (Å²) in [6.07, 6.45) is 0.547. The van der Waals surface area contributed by atoms with Gasteiger partial charge in [0.25, 0.3) is 0 Å². The van der Waals surface area contributed by atoms with Crippen molar-refractivity contribution < 1.29 is 18.3 Å². The molecule has 1 fully saturated rings. The van der Waals surface area contributed by atoms with Crippen LogP contribution in [0, 0.1) is 0 Å². The van der Waals surface area contributed by atoms with Crippen LogP contribution in [0.1, 0.15) is 6.42 Å². The van der Waals surface area contributed by atoms with E-state index in [4.69, 9.17) is 16.7 Å². The summed E-state index contributed by atoms with van der Waals surface area (Å²) < 4.78 is 23.5. The van der Waals surface area contributed by atoms with Gasteiger partial charge in [0.15, 0.2) is 0 Å². The van der Waals surface area contributed by atoms with Gasteiger partial charge in [-0.2, -0.15) is 4.31 Å². The summed E-state index contributed by atoms with van der Waals surface area (Å²) in [5, 5.41) is 7.30. The molecule has 1 aliphatic heterocycles. The summed E-state index contributed by atoms with van der Waals surface area (Å²) in [5.41, 5.74) is 0. The zero-order chi connectivity index (χ0) is 10.1. The van der Waals surface area contributed by atoms with Gasteiger partial charge in [0.05, 0.1) is 5.75 Å². The number of carbonyl (C=O) groups is 1. The monoisotopic (exact) mass is 227 g/mol. The highest BCUT2D eigenvalue weighted by Crippen LogP contribution is 2.15. The first-order valence-corrected chi connectivity index (χ1v) is 5.83. The van der Waals surface area contributed by atoms with Crippen molar-refractivity contribution in [3.05, 3.63) is 0 Å². The van der Waals surface area contributed by atoms with Gasteiger partial charge in [-0.05, 0) is 6.42 Å². The van der Waals surface area contributed by atoms with Crippen LogP contribution in [0.3, 0.4) is 0 Å². The van der Waals surface area contributed by atoms with Crippen LogP contribution in [0.2, 0.25) is 0 Å². The average Bonchev–Trinajstić information content (AvgIpc) is 2.30. The number of carboxylic acids is 1. The Labute approximate surface area is 81.3 Å². The fraction of sp³-hybridized carbons (Fsp3) is 0.833. The van der Waals surface area contributed by atoms with Crippen molar-refractivity contribution >= 4 is 27.6 Å². The zero-order valence-electron chi connectivity index (χ0n) is 6.81. The summed E-state index contributed by atoms with van der Waals surface area (Å²) in [6.45, 7) is 0.234. The van der Waals surface area contributed by atoms with E-state index in [1.54, 1.807) is 0 Å². The molecule has 1 aliphatic rings. The molecule has 0 aromatic heterocycles. The predicted molar refractivity (Wildman–Crippen MR) is 47.3 cm³/mol. The number of nitrogens with zero attached hydrogens (tertiary/aromatic N) is 1. The molecule has 0 radical (unpaired) electrons. The van der Waals surface area contributed by atoms with Crippen molar-refractivity contribution in [2.75, 3.05) is 18.8 Å². The number of hydrogen-bond acceptors (Lipinski definition) is 3. The van der Waals surface area contributed by atoms with Crippen LogP contribution in [-0.2, 0) is 14.8 Å². The maximum Gasteiger partial charge on any atom is 0.322 e. The molecule has 0 saturated carbocycles. The first-order valence-electron chi connectivity index (χ1n) is 3.78. The van der Waals surface area contributed by atoms with E-state index in [-0.39, 0.29) is 12.3 Å². The van der Waals surface area contributed by atoms with E-state index in [1.165, 1.54) is 0 Å². The summed E-state index contributed by atoms with van der Waals surface area (Å²) in [7, 11) is -3.23. The molecule has 0 aliphatic carbocycles. The van der Waals surface area contributed by atoms with E-state index in [1.807, 2.05) is 0 Å². The highest BCUT2D eigenvalue weighted by molar-refractivity contribution is 7.89. The molecule has 0 spiro atoms. The summed E-state index contributed by atoms with van der Waals surface area (Å²) in [4.78, 5) is 10.3. The molecule has 1 heterocycles. The Kier molecular flexibility index (Phi) is 3.15. The zero-order valence-corrected chi connectivity index (χ0v) is 8.38. The van der Waals surface area contributed by atoms with Gasteiger partial charge in [-0.3, -0.25) is 4.79 Å². The van der Waals surface area contributed by atoms with E-state index in [0.29, 0.717) is 13.0 Å². The normalized spacial score (nSPS) is 24.4. The number of alkyl halides is 1. The first-order chi connectivity index (χ1) is 5.93. The minimum Gasteiger partial charge on any atom is -0.480 e. The molecular formula is C6H10ClNO4S. The van der Waals surface area contributed by atoms with Crippen molar-refractivity contribution in [2.45, 2.75) is 11.8 Å². The second-order valence-electron chi connectivity index (χ2n) is 2.83. The van der Waals surface area contributed by atoms with Crippen molar-refractivity contribution in [3.8, 4) is 0 Å². The Morgan fingerprint density at radius 3 is 2.62 bits per heavy atom. The summed E-state index contributed by atoms with van der Waals surface area (Å²) >= 11 is 5.42. The van der Waals surface area contributed by atoms with E-state index in [2.05, 4.69) is 0 Å². The van der Waals surface area contributed by atoms with Crippen molar-refractivity contribution in [1.82, 2.24) is 4.31 Å². The molecule has 1 saturated heterocycles. The summed E-state index contributed by atoms with van der Waals surface area (Å²) in [6, 6.07) is 0. The lowest BCUT2D eigenvalue weighted by atomic mass is 10.4. The Morgan fingerprint density at radius 2 is 2.23 bits per heavy atom. The SMILES string of the molecule is O=C(O)C(Cl)CN1CCCS1(=O)=O.